The van der Waals surface area contributed by atoms with E-state index < -0.39 is 0 Å². The summed E-state index contributed by atoms with van der Waals surface area (Å²) in [5, 5.41) is 16.3. The average molecular weight is 255 g/mol. The molecule has 104 valence electrons. The van der Waals surface area contributed by atoms with E-state index in [0.717, 1.165) is 44.7 Å². The Balaban J connectivity index is 1.96. The summed E-state index contributed by atoms with van der Waals surface area (Å²) >= 11 is 0. The van der Waals surface area contributed by atoms with Crippen molar-refractivity contribution in [3.63, 3.8) is 0 Å². The number of aromatic nitrogens is 2. The van der Waals surface area contributed by atoms with Crippen molar-refractivity contribution in [2.24, 2.45) is 0 Å². The Morgan fingerprint density at radius 2 is 2.22 bits per heavy atom. The van der Waals surface area contributed by atoms with Crippen LogP contribution in [0.4, 0.5) is 0 Å². The summed E-state index contributed by atoms with van der Waals surface area (Å²) < 4.78 is 7.23. The van der Waals surface area contributed by atoms with Gasteiger partial charge in [0.15, 0.2) is 0 Å². The van der Waals surface area contributed by atoms with Crippen molar-refractivity contribution in [2.75, 3.05) is 26.4 Å². The molecule has 0 saturated heterocycles. The first-order chi connectivity index (χ1) is 8.86. The zero-order valence-corrected chi connectivity index (χ0v) is 11.3. The van der Waals surface area contributed by atoms with Crippen LogP contribution in [-0.4, -0.2) is 41.3 Å². The minimum atomic E-state index is 0.129. The summed E-state index contributed by atoms with van der Waals surface area (Å²) in [6.07, 6.45) is 7.17. The molecule has 0 amide bonds. The van der Waals surface area contributed by atoms with E-state index in [1.807, 2.05) is 12.4 Å². The van der Waals surface area contributed by atoms with E-state index in [0.29, 0.717) is 6.54 Å². The standard InChI is InChI=1S/C13H25N3O2/c1-2-3-8-18-9-4-5-14-10-13-11-15-16(12-13)6-7-17/h11-12,14,17H,2-10H2,1H3. The average Bonchev–Trinajstić information content (AvgIpc) is 2.81. The number of rotatable bonds is 11. The molecule has 0 spiro atoms. The largest absolute Gasteiger partial charge is 0.394 e. The van der Waals surface area contributed by atoms with Crippen molar-refractivity contribution in [1.29, 1.82) is 0 Å². The molecular weight excluding hydrogens is 230 g/mol. The zero-order valence-electron chi connectivity index (χ0n) is 11.3. The topological polar surface area (TPSA) is 59.3 Å². The maximum Gasteiger partial charge on any atom is 0.0640 e. The SMILES string of the molecule is CCCCOCCCNCc1cnn(CCO)c1. The number of aliphatic hydroxyl groups excluding tert-OH is 1. The zero-order chi connectivity index (χ0) is 13.1. The molecular formula is C13H25N3O2. The predicted molar refractivity (Wildman–Crippen MR) is 71.4 cm³/mol. The first kappa shape index (κ1) is 15.1. The second kappa shape index (κ2) is 10.1. The molecule has 1 rings (SSSR count). The number of nitrogens with zero attached hydrogens (tertiary/aromatic N) is 2. The molecule has 1 heterocycles. The van der Waals surface area contributed by atoms with Crippen molar-refractivity contribution in [2.45, 2.75) is 39.3 Å². The predicted octanol–water partition coefficient (Wildman–Crippen LogP) is 1.17. The maximum atomic E-state index is 8.77. The van der Waals surface area contributed by atoms with E-state index in [4.69, 9.17) is 9.84 Å². The van der Waals surface area contributed by atoms with E-state index in [9.17, 15) is 0 Å². The normalized spacial score (nSPS) is 11.0. The van der Waals surface area contributed by atoms with Gasteiger partial charge in [0, 0.05) is 31.5 Å². The van der Waals surface area contributed by atoms with Crippen LogP contribution in [0.15, 0.2) is 12.4 Å². The minimum absolute atomic E-state index is 0.129. The van der Waals surface area contributed by atoms with Gasteiger partial charge in [-0.05, 0) is 19.4 Å². The second-order valence-corrected chi connectivity index (χ2v) is 4.33. The van der Waals surface area contributed by atoms with Crippen molar-refractivity contribution in [3.05, 3.63) is 18.0 Å². The highest BCUT2D eigenvalue weighted by atomic mass is 16.5. The molecule has 5 heteroatoms. The molecule has 0 aromatic carbocycles. The summed E-state index contributed by atoms with van der Waals surface area (Å²) in [7, 11) is 0. The van der Waals surface area contributed by atoms with Gasteiger partial charge in [-0.3, -0.25) is 4.68 Å². The molecule has 0 fully saturated rings. The quantitative estimate of drug-likeness (QED) is 0.583. The van der Waals surface area contributed by atoms with E-state index >= 15 is 0 Å². The van der Waals surface area contributed by atoms with Gasteiger partial charge in [0.1, 0.15) is 0 Å². The molecule has 0 radical (unpaired) electrons. The maximum absolute atomic E-state index is 8.77. The molecule has 0 bridgehead atoms. The van der Waals surface area contributed by atoms with Gasteiger partial charge < -0.3 is 15.2 Å². The van der Waals surface area contributed by atoms with Gasteiger partial charge in [-0.15, -0.1) is 0 Å². The Morgan fingerprint density at radius 1 is 1.39 bits per heavy atom. The van der Waals surface area contributed by atoms with Crippen molar-refractivity contribution >= 4 is 0 Å². The van der Waals surface area contributed by atoms with Gasteiger partial charge in [-0.25, -0.2) is 0 Å². The lowest BCUT2D eigenvalue weighted by atomic mass is 10.3. The summed E-state index contributed by atoms with van der Waals surface area (Å²) in [5.41, 5.74) is 1.15. The fraction of sp³-hybridized carbons (Fsp3) is 0.769. The lowest BCUT2D eigenvalue weighted by Crippen LogP contribution is -2.16. The number of hydrogen-bond acceptors (Lipinski definition) is 4. The summed E-state index contributed by atoms with van der Waals surface area (Å²) in [5.74, 6) is 0. The molecule has 1 aromatic heterocycles. The van der Waals surface area contributed by atoms with Crippen LogP contribution in [0.1, 0.15) is 31.7 Å². The van der Waals surface area contributed by atoms with Crippen LogP contribution >= 0.6 is 0 Å². The Bertz CT molecular complexity index is 302. The highest BCUT2D eigenvalue weighted by Crippen LogP contribution is 1.97. The van der Waals surface area contributed by atoms with Crippen LogP contribution in [0, 0.1) is 0 Å². The summed E-state index contributed by atoms with van der Waals surface area (Å²) in [6, 6.07) is 0. The molecule has 0 saturated carbocycles. The third-order valence-electron chi connectivity index (χ3n) is 2.63. The molecule has 0 aliphatic rings. The van der Waals surface area contributed by atoms with Crippen molar-refractivity contribution in [3.8, 4) is 0 Å². The van der Waals surface area contributed by atoms with Gasteiger partial charge >= 0.3 is 0 Å². The van der Waals surface area contributed by atoms with Crippen LogP contribution < -0.4 is 5.32 Å². The molecule has 18 heavy (non-hydrogen) atoms. The number of aliphatic hydroxyl groups is 1. The highest BCUT2D eigenvalue weighted by molar-refractivity contribution is 5.03. The fourth-order valence-electron chi connectivity index (χ4n) is 1.60. The Hall–Kier alpha value is -0.910. The van der Waals surface area contributed by atoms with Gasteiger partial charge in [0.2, 0.25) is 0 Å². The third kappa shape index (κ3) is 6.74. The lowest BCUT2D eigenvalue weighted by molar-refractivity contribution is 0.129. The van der Waals surface area contributed by atoms with Gasteiger partial charge in [0.25, 0.3) is 0 Å². The van der Waals surface area contributed by atoms with E-state index in [2.05, 4.69) is 17.3 Å². The Labute approximate surface area is 109 Å². The number of ether oxygens (including phenoxy) is 1. The molecule has 0 unspecified atom stereocenters. The van der Waals surface area contributed by atoms with Crippen molar-refractivity contribution < 1.29 is 9.84 Å². The van der Waals surface area contributed by atoms with Crippen LogP contribution in [0.5, 0.6) is 0 Å². The Kier molecular flexibility index (Phi) is 8.46. The van der Waals surface area contributed by atoms with Crippen LogP contribution in [0.25, 0.3) is 0 Å². The molecule has 0 atom stereocenters. The number of hydrogen-bond donors (Lipinski definition) is 2. The Morgan fingerprint density at radius 3 is 3.00 bits per heavy atom. The number of nitrogens with one attached hydrogen (secondary N) is 1. The molecule has 0 aliphatic carbocycles. The second-order valence-electron chi connectivity index (χ2n) is 4.33. The first-order valence-electron chi connectivity index (χ1n) is 6.77. The monoisotopic (exact) mass is 255 g/mol. The van der Waals surface area contributed by atoms with Crippen molar-refractivity contribution in [1.82, 2.24) is 15.1 Å². The smallest absolute Gasteiger partial charge is 0.0640 e. The van der Waals surface area contributed by atoms with Gasteiger partial charge in [0.05, 0.1) is 19.3 Å². The molecule has 2 N–H and O–H groups in total. The van der Waals surface area contributed by atoms with E-state index in [1.165, 1.54) is 6.42 Å². The van der Waals surface area contributed by atoms with E-state index in [-0.39, 0.29) is 6.61 Å². The third-order valence-corrected chi connectivity index (χ3v) is 2.63. The first-order valence-corrected chi connectivity index (χ1v) is 6.77. The molecule has 0 aliphatic heterocycles. The molecule has 1 aromatic rings. The van der Waals surface area contributed by atoms with Gasteiger partial charge in [-0.2, -0.15) is 5.10 Å². The lowest BCUT2D eigenvalue weighted by Gasteiger charge is -2.04. The summed E-state index contributed by atoms with van der Waals surface area (Å²) in [4.78, 5) is 0. The summed E-state index contributed by atoms with van der Waals surface area (Å²) in [6.45, 7) is 6.34. The number of unbranched alkanes of at least 4 members (excludes halogenated alkanes) is 1. The molecule has 5 nitrogen and oxygen atoms in total. The van der Waals surface area contributed by atoms with Crippen LogP contribution in [0.3, 0.4) is 0 Å². The fourth-order valence-corrected chi connectivity index (χ4v) is 1.60. The van der Waals surface area contributed by atoms with Crippen LogP contribution in [-0.2, 0) is 17.8 Å². The van der Waals surface area contributed by atoms with Crippen LogP contribution in [0.2, 0.25) is 0 Å². The highest BCUT2D eigenvalue weighted by Gasteiger charge is 1.97. The minimum Gasteiger partial charge on any atom is -0.394 e. The van der Waals surface area contributed by atoms with E-state index in [1.54, 1.807) is 4.68 Å². The van der Waals surface area contributed by atoms with Gasteiger partial charge in [-0.1, -0.05) is 13.3 Å².